The monoisotopic (exact) mass is 422 g/mol. The maximum atomic E-state index is 12.4. The molecule has 0 saturated heterocycles. The number of nitro benzene ring substituents is 2. The lowest BCUT2D eigenvalue weighted by atomic mass is 10.1. The summed E-state index contributed by atoms with van der Waals surface area (Å²) in [6.45, 7) is 1.55. The molecule has 0 radical (unpaired) electrons. The summed E-state index contributed by atoms with van der Waals surface area (Å²) >= 11 is 0. The lowest BCUT2D eigenvalue weighted by Crippen LogP contribution is -2.12. The quantitative estimate of drug-likeness (QED) is 0.249. The zero-order valence-corrected chi connectivity index (χ0v) is 16.0. The Morgan fingerprint density at radius 2 is 1.10 bits per heavy atom. The Balaban J connectivity index is 1.80. The molecule has 0 atom stereocenters. The first-order valence-corrected chi connectivity index (χ1v) is 8.79. The fraction of sp³-hybridized carbons (Fsp3) is 0.0476. The van der Waals surface area contributed by atoms with E-state index in [1.54, 1.807) is 6.92 Å². The molecule has 31 heavy (non-hydrogen) atoms. The number of nitrogens with zero attached hydrogens (tertiary/aromatic N) is 2. The van der Waals surface area contributed by atoms with Crippen LogP contribution in [-0.4, -0.2) is 21.8 Å². The Labute approximate surface area is 174 Å². The van der Waals surface area contributed by atoms with Gasteiger partial charge in [-0.05, 0) is 31.2 Å². The molecule has 0 spiro atoms. The van der Waals surface area contributed by atoms with Gasteiger partial charge in [0, 0.05) is 29.8 Å². The van der Waals surface area contributed by atoms with Gasteiger partial charge in [-0.3, -0.25) is 20.2 Å². The molecule has 0 saturated carbocycles. The Morgan fingerprint density at radius 3 is 1.48 bits per heavy atom. The second-order valence-electron chi connectivity index (χ2n) is 6.27. The number of benzene rings is 3. The molecule has 3 rings (SSSR count). The van der Waals surface area contributed by atoms with Crippen molar-refractivity contribution in [2.45, 2.75) is 6.92 Å². The minimum Gasteiger partial charge on any atom is -0.423 e. The molecule has 10 heteroatoms. The first-order chi connectivity index (χ1) is 14.8. The van der Waals surface area contributed by atoms with Crippen LogP contribution in [0, 0.1) is 27.2 Å². The van der Waals surface area contributed by atoms with Crippen LogP contribution in [0.4, 0.5) is 11.4 Å². The first kappa shape index (κ1) is 21.1. The number of carbonyl (C=O) groups excluding carboxylic acids is 2. The van der Waals surface area contributed by atoms with Crippen LogP contribution in [0.15, 0.2) is 66.7 Å². The number of nitro groups is 2. The highest BCUT2D eigenvalue weighted by Gasteiger charge is 2.18. The summed E-state index contributed by atoms with van der Waals surface area (Å²) in [4.78, 5) is 45.3. The zero-order chi connectivity index (χ0) is 22.5. The van der Waals surface area contributed by atoms with Gasteiger partial charge in [0.05, 0.1) is 21.0 Å². The van der Waals surface area contributed by atoms with Crippen molar-refractivity contribution >= 4 is 23.3 Å². The summed E-state index contributed by atoms with van der Waals surface area (Å²) in [5.41, 5.74) is -0.239. The van der Waals surface area contributed by atoms with Crippen LogP contribution in [0.25, 0.3) is 0 Å². The van der Waals surface area contributed by atoms with Crippen LogP contribution in [0.5, 0.6) is 11.5 Å². The molecule has 0 aliphatic heterocycles. The topological polar surface area (TPSA) is 139 Å². The van der Waals surface area contributed by atoms with Gasteiger partial charge in [-0.2, -0.15) is 0 Å². The van der Waals surface area contributed by atoms with Crippen LogP contribution in [0.2, 0.25) is 0 Å². The predicted molar refractivity (Wildman–Crippen MR) is 107 cm³/mol. The molecule has 0 amide bonds. The van der Waals surface area contributed by atoms with Crippen LogP contribution in [-0.2, 0) is 0 Å². The average molecular weight is 422 g/mol. The number of hydrogen-bond donors (Lipinski definition) is 0. The molecule has 0 fully saturated rings. The van der Waals surface area contributed by atoms with E-state index in [9.17, 15) is 29.8 Å². The van der Waals surface area contributed by atoms with E-state index >= 15 is 0 Å². The minimum atomic E-state index is -0.825. The van der Waals surface area contributed by atoms with E-state index in [2.05, 4.69) is 0 Å². The van der Waals surface area contributed by atoms with E-state index < -0.39 is 21.8 Å². The third kappa shape index (κ3) is 4.88. The number of non-ortho nitro benzene ring substituents is 2. The van der Waals surface area contributed by atoms with Crippen molar-refractivity contribution in [2.75, 3.05) is 0 Å². The second kappa shape index (κ2) is 8.82. The van der Waals surface area contributed by atoms with Crippen molar-refractivity contribution in [1.82, 2.24) is 0 Å². The van der Waals surface area contributed by atoms with Crippen molar-refractivity contribution in [2.24, 2.45) is 0 Å². The predicted octanol–water partition coefficient (Wildman–Crippen LogP) is 4.25. The average Bonchev–Trinajstić information content (AvgIpc) is 2.76. The van der Waals surface area contributed by atoms with Gasteiger partial charge in [-0.15, -0.1) is 0 Å². The second-order valence-corrected chi connectivity index (χ2v) is 6.27. The summed E-state index contributed by atoms with van der Waals surface area (Å²) in [5, 5.41) is 21.8. The molecule has 10 nitrogen and oxygen atoms in total. The highest BCUT2D eigenvalue weighted by atomic mass is 16.6. The Morgan fingerprint density at radius 1 is 0.710 bits per heavy atom. The van der Waals surface area contributed by atoms with Gasteiger partial charge >= 0.3 is 11.9 Å². The van der Waals surface area contributed by atoms with Crippen molar-refractivity contribution in [3.63, 3.8) is 0 Å². The number of esters is 2. The van der Waals surface area contributed by atoms with Crippen LogP contribution >= 0.6 is 0 Å². The summed E-state index contributed by atoms with van der Waals surface area (Å²) in [6, 6.07) is 14.6. The molecule has 0 aliphatic carbocycles. The van der Waals surface area contributed by atoms with Crippen LogP contribution < -0.4 is 9.47 Å². The summed E-state index contributed by atoms with van der Waals surface area (Å²) in [7, 11) is 0. The maximum absolute atomic E-state index is 12.4. The van der Waals surface area contributed by atoms with Gasteiger partial charge in [0.1, 0.15) is 11.5 Å². The van der Waals surface area contributed by atoms with Gasteiger partial charge in [0.2, 0.25) is 0 Å². The van der Waals surface area contributed by atoms with Gasteiger partial charge in [-0.1, -0.05) is 18.2 Å². The third-order valence-electron chi connectivity index (χ3n) is 4.23. The fourth-order valence-corrected chi connectivity index (χ4v) is 2.63. The van der Waals surface area contributed by atoms with E-state index in [0.29, 0.717) is 5.56 Å². The number of rotatable bonds is 6. The molecule has 3 aromatic rings. The maximum Gasteiger partial charge on any atom is 0.343 e. The van der Waals surface area contributed by atoms with E-state index in [0.717, 1.165) is 12.1 Å². The molecule has 3 aromatic carbocycles. The van der Waals surface area contributed by atoms with E-state index in [4.69, 9.17) is 9.47 Å². The van der Waals surface area contributed by atoms with Crippen molar-refractivity contribution in [1.29, 1.82) is 0 Å². The number of ether oxygens (including phenoxy) is 2. The van der Waals surface area contributed by atoms with E-state index in [1.807, 2.05) is 0 Å². The van der Waals surface area contributed by atoms with Crippen molar-refractivity contribution < 1.29 is 28.9 Å². The molecule has 0 aromatic heterocycles. The van der Waals surface area contributed by atoms with Gasteiger partial charge in [-0.25, -0.2) is 9.59 Å². The third-order valence-corrected chi connectivity index (χ3v) is 4.23. The lowest BCUT2D eigenvalue weighted by molar-refractivity contribution is -0.385. The Bertz CT molecular complexity index is 1120. The molecule has 156 valence electrons. The standard InChI is InChI=1S/C21H14N2O8/c1-13-18(30-20(24)14-5-2-7-16(11-14)22(26)27)9-4-10-19(13)31-21(25)15-6-3-8-17(12-15)23(28)29/h2-12H,1H3. The molecule has 0 heterocycles. The number of hydrogen-bond acceptors (Lipinski definition) is 8. The molecular formula is C21H14N2O8. The molecule has 0 unspecified atom stereocenters. The van der Waals surface area contributed by atoms with Crippen LogP contribution in [0.1, 0.15) is 26.3 Å². The molecule has 0 N–H and O–H groups in total. The van der Waals surface area contributed by atoms with E-state index in [-0.39, 0.29) is 34.0 Å². The fourth-order valence-electron chi connectivity index (χ4n) is 2.63. The van der Waals surface area contributed by atoms with Crippen LogP contribution in [0.3, 0.4) is 0 Å². The smallest absolute Gasteiger partial charge is 0.343 e. The molecule has 0 bridgehead atoms. The Kier molecular flexibility index (Phi) is 6.01. The first-order valence-electron chi connectivity index (χ1n) is 8.79. The van der Waals surface area contributed by atoms with Gasteiger partial charge in [0.25, 0.3) is 11.4 Å². The molecular weight excluding hydrogens is 408 g/mol. The summed E-state index contributed by atoms with van der Waals surface area (Å²) in [5.74, 6) is -1.48. The largest absolute Gasteiger partial charge is 0.423 e. The van der Waals surface area contributed by atoms with Crippen molar-refractivity contribution in [3.05, 3.63) is 104 Å². The summed E-state index contributed by atoms with van der Waals surface area (Å²) in [6.07, 6.45) is 0. The molecule has 0 aliphatic rings. The van der Waals surface area contributed by atoms with E-state index in [1.165, 1.54) is 54.6 Å². The number of carbonyl (C=O) groups is 2. The minimum absolute atomic E-state index is 0.0207. The zero-order valence-electron chi connectivity index (χ0n) is 16.0. The highest BCUT2D eigenvalue weighted by molar-refractivity contribution is 5.93. The Hall–Kier alpha value is -4.60. The SMILES string of the molecule is Cc1c(OC(=O)c2cccc([N+](=O)[O-])c2)cccc1OC(=O)c1cccc([N+](=O)[O-])c1. The highest BCUT2D eigenvalue weighted by Crippen LogP contribution is 2.29. The van der Waals surface area contributed by atoms with Crippen molar-refractivity contribution in [3.8, 4) is 11.5 Å². The lowest BCUT2D eigenvalue weighted by Gasteiger charge is -2.12. The normalized spacial score (nSPS) is 10.2. The van der Waals surface area contributed by atoms with Gasteiger partial charge in [0.15, 0.2) is 0 Å². The summed E-state index contributed by atoms with van der Waals surface area (Å²) < 4.78 is 10.6. The van der Waals surface area contributed by atoms with Gasteiger partial charge < -0.3 is 9.47 Å².